The summed E-state index contributed by atoms with van der Waals surface area (Å²) < 4.78 is 34.2. The molecule has 2 aromatic rings. The molecule has 0 heterocycles. The number of anilines is 3. The zero-order valence-electron chi connectivity index (χ0n) is 10.7. The largest absolute Gasteiger partial charge is 0.323 e. The molecule has 2 amide bonds. The molecular formula is C13H12FN3O3S. The summed E-state index contributed by atoms with van der Waals surface area (Å²) >= 11 is -2.14. The van der Waals surface area contributed by atoms with E-state index < -0.39 is 17.3 Å². The number of urea groups is 1. The number of carbonyl (C=O) groups is 1. The first-order chi connectivity index (χ1) is 10.0. The van der Waals surface area contributed by atoms with E-state index in [4.69, 9.17) is 4.55 Å². The molecule has 4 N–H and O–H groups in total. The van der Waals surface area contributed by atoms with Gasteiger partial charge in [-0.1, -0.05) is 0 Å². The Morgan fingerprint density at radius 3 is 1.81 bits per heavy atom. The molecule has 0 radical (unpaired) electrons. The molecule has 0 spiro atoms. The molecule has 0 saturated carbocycles. The highest BCUT2D eigenvalue weighted by Crippen LogP contribution is 2.14. The van der Waals surface area contributed by atoms with Crippen molar-refractivity contribution in [2.45, 2.75) is 0 Å². The quantitative estimate of drug-likeness (QED) is 0.654. The molecule has 110 valence electrons. The van der Waals surface area contributed by atoms with Crippen LogP contribution in [-0.4, -0.2) is 14.8 Å². The van der Waals surface area contributed by atoms with Crippen molar-refractivity contribution in [2.24, 2.45) is 0 Å². The Morgan fingerprint density at radius 2 is 1.33 bits per heavy atom. The summed E-state index contributed by atoms with van der Waals surface area (Å²) in [5.41, 5.74) is 1.41. The number of rotatable bonds is 4. The Balaban J connectivity index is 1.93. The number of nitrogens with one attached hydrogen (secondary N) is 3. The molecule has 0 saturated heterocycles. The van der Waals surface area contributed by atoms with Crippen molar-refractivity contribution in [3.05, 3.63) is 54.3 Å². The molecule has 0 aliphatic rings. The lowest BCUT2D eigenvalue weighted by molar-refractivity contribution is 0.262. The van der Waals surface area contributed by atoms with Crippen molar-refractivity contribution >= 4 is 34.4 Å². The fraction of sp³-hybridized carbons (Fsp3) is 0. The second-order valence-corrected chi connectivity index (χ2v) is 4.72. The molecule has 1 unspecified atom stereocenters. The second-order valence-electron chi connectivity index (χ2n) is 4.01. The van der Waals surface area contributed by atoms with Crippen molar-refractivity contribution in [3.63, 3.8) is 0 Å². The van der Waals surface area contributed by atoms with E-state index in [0.29, 0.717) is 17.1 Å². The van der Waals surface area contributed by atoms with Crippen molar-refractivity contribution in [1.29, 1.82) is 0 Å². The van der Waals surface area contributed by atoms with Gasteiger partial charge in [-0.3, -0.25) is 9.27 Å². The van der Waals surface area contributed by atoms with Crippen LogP contribution in [0.15, 0.2) is 48.5 Å². The average molecular weight is 309 g/mol. The molecule has 0 fully saturated rings. The van der Waals surface area contributed by atoms with Crippen LogP contribution in [-0.2, 0) is 11.3 Å². The van der Waals surface area contributed by atoms with E-state index >= 15 is 0 Å². The smallest absolute Gasteiger partial charge is 0.308 e. The molecule has 0 aliphatic carbocycles. The first-order valence-corrected chi connectivity index (χ1v) is 6.95. The summed E-state index contributed by atoms with van der Waals surface area (Å²) in [5.74, 6) is -0.384. The molecule has 0 aliphatic heterocycles. The van der Waals surface area contributed by atoms with Gasteiger partial charge in [-0.15, -0.1) is 0 Å². The van der Waals surface area contributed by atoms with E-state index in [1.54, 1.807) is 24.3 Å². The summed E-state index contributed by atoms with van der Waals surface area (Å²) in [6.07, 6.45) is 0. The van der Waals surface area contributed by atoms with E-state index in [2.05, 4.69) is 15.4 Å². The van der Waals surface area contributed by atoms with Crippen LogP contribution >= 0.6 is 0 Å². The fourth-order valence-electron chi connectivity index (χ4n) is 1.55. The first kappa shape index (κ1) is 14.9. The number of halogens is 1. The molecule has 6 nitrogen and oxygen atoms in total. The van der Waals surface area contributed by atoms with E-state index in [0.717, 1.165) is 0 Å². The van der Waals surface area contributed by atoms with Crippen LogP contribution in [0.3, 0.4) is 0 Å². The average Bonchev–Trinajstić information content (AvgIpc) is 2.43. The first-order valence-electron chi connectivity index (χ1n) is 5.84. The van der Waals surface area contributed by atoms with Gasteiger partial charge in [0.15, 0.2) is 0 Å². The standard InChI is InChI=1S/C13H12FN3O3S/c14-9-1-3-10(4-2-9)15-13(18)16-11-5-7-12(8-6-11)17-21(19)20/h1-8,17H,(H,19,20)(H2,15,16,18). The Kier molecular flexibility index (Phi) is 4.85. The van der Waals surface area contributed by atoms with Gasteiger partial charge >= 0.3 is 6.03 Å². The fourth-order valence-corrected chi connectivity index (χ4v) is 1.89. The molecule has 2 aromatic carbocycles. The Morgan fingerprint density at radius 1 is 0.905 bits per heavy atom. The molecular weight excluding hydrogens is 297 g/mol. The van der Waals surface area contributed by atoms with Crippen molar-refractivity contribution in [3.8, 4) is 0 Å². The monoisotopic (exact) mass is 309 g/mol. The van der Waals surface area contributed by atoms with Crippen LogP contribution in [0, 0.1) is 5.82 Å². The molecule has 1 atom stereocenters. The SMILES string of the molecule is O=C(Nc1ccc(F)cc1)Nc1ccc(NS(=O)O)cc1. The van der Waals surface area contributed by atoms with Crippen LogP contribution in [0.4, 0.5) is 26.2 Å². The van der Waals surface area contributed by atoms with Gasteiger partial charge in [0.25, 0.3) is 11.3 Å². The zero-order chi connectivity index (χ0) is 15.2. The Labute approximate surface area is 122 Å². The third-order valence-corrected chi connectivity index (χ3v) is 2.86. The molecule has 8 heteroatoms. The lowest BCUT2D eigenvalue weighted by Crippen LogP contribution is -2.19. The number of carbonyl (C=O) groups excluding carboxylic acids is 1. The highest BCUT2D eigenvalue weighted by molar-refractivity contribution is 7.80. The third-order valence-electron chi connectivity index (χ3n) is 2.45. The summed E-state index contributed by atoms with van der Waals surface area (Å²) in [6.45, 7) is 0. The van der Waals surface area contributed by atoms with Crippen LogP contribution < -0.4 is 15.4 Å². The summed E-state index contributed by atoms with van der Waals surface area (Å²) in [5, 5.41) is 5.12. The molecule has 21 heavy (non-hydrogen) atoms. The Hall–Kier alpha value is -2.45. The van der Waals surface area contributed by atoms with Crippen molar-refractivity contribution in [2.75, 3.05) is 15.4 Å². The van der Waals surface area contributed by atoms with Crippen molar-refractivity contribution in [1.82, 2.24) is 0 Å². The van der Waals surface area contributed by atoms with E-state index in [1.165, 1.54) is 24.3 Å². The van der Waals surface area contributed by atoms with Crippen LogP contribution in [0.5, 0.6) is 0 Å². The third kappa shape index (κ3) is 4.86. The lowest BCUT2D eigenvalue weighted by atomic mass is 10.3. The lowest BCUT2D eigenvalue weighted by Gasteiger charge is -2.08. The molecule has 0 aromatic heterocycles. The van der Waals surface area contributed by atoms with Gasteiger partial charge in [0.05, 0.1) is 0 Å². The van der Waals surface area contributed by atoms with Gasteiger partial charge in [0.1, 0.15) is 5.82 Å². The maximum absolute atomic E-state index is 12.7. The van der Waals surface area contributed by atoms with Crippen LogP contribution in [0.1, 0.15) is 0 Å². The number of amides is 2. The predicted molar refractivity (Wildman–Crippen MR) is 79.9 cm³/mol. The summed E-state index contributed by atoms with van der Waals surface area (Å²) in [7, 11) is 0. The van der Waals surface area contributed by atoms with E-state index in [1.807, 2.05) is 0 Å². The predicted octanol–water partition coefficient (Wildman–Crippen LogP) is 3.02. The van der Waals surface area contributed by atoms with Gasteiger partial charge in [-0.25, -0.2) is 13.4 Å². The topological polar surface area (TPSA) is 90.5 Å². The normalized spacial score (nSPS) is 11.5. The van der Waals surface area contributed by atoms with Gasteiger partial charge in [-0.2, -0.15) is 0 Å². The van der Waals surface area contributed by atoms with E-state index in [9.17, 15) is 13.4 Å². The number of benzene rings is 2. The molecule has 0 bridgehead atoms. The molecule has 2 rings (SSSR count). The van der Waals surface area contributed by atoms with Gasteiger partial charge in [0, 0.05) is 17.1 Å². The minimum absolute atomic E-state index is 0.384. The van der Waals surface area contributed by atoms with Gasteiger partial charge in [-0.05, 0) is 48.5 Å². The Bertz CT molecular complexity index is 647. The minimum atomic E-state index is -2.14. The zero-order valence-corrected chi connectivity index (χ0v) is 11.5. The maximum atomic E-state index is 12.7. The second kappa shape index (κ2) is 6.82. The highest BCUT2D eigenvalue weighted by atomic mass is 32.2. The van der Waals surface area contributed by atoms with Crippen molar-refractivity contribution < 1.29 is 17.9 Å². The number of hydrogen-bond donors (Lipinski definition) is 4. The summed E-state index contributed by atoms with van der Waals surface area (Å²) in [4.78, 5) is 11.7. The van der Waals surface area contributed by atoms with E-state index in [-0.39, 0.29) is 5.82 Å². The maximum Gasteiger partial charge on any atom is 0.323 e. The van der Waals surface area contributed by atoms with Gasteiger partial charge < -0.3 is 10.6 Å². The van der Waals surface area contributed by atoms with Crippen LogP contribution in [0.25, 0.3) is 0 Å². The number of hydrogen-bond acceptors (Lipinski definition) is 2. The summed E-state index contributed by atoms with van der Waals surface area (Å²) in [6, 6.07) is 11.1. The minimum Gasteiger partial charge on any atom is -0.308 e. The van der Waals surface area contributed by atoms with Gasteiger partial charge in [0.2, 0.25) is 0 Å². The highest BCUT2D eigenvalue weighted by Gasteiger charge is 2.03. The van der Waals surface area contributed by atoms with Crippen LogP contribution in [0.2, 0.25) is 0 Å².